The fourth-order valence-electron chi connectivity index (χ4n) is 12.2. The van der Waals surface area contributed by atoms with Crippen LogP contribution in [0.25, 0.3) is 43.6 Å². The molecule has 2 atom stereocenters. The second-order valence-electron chi connectivity index (χ2n) is 25.4. The number of phenols is 1. The van der Waals surface area contributed by atoms with Crippen molar-refractivity contribution in [1.29, 1.82) is 0 Å². The number of fused-ring (bicyclic) bond motifs is 4. The number of unbranched alkanes of at least 4 members (excludes halogenated alkanes) is 1. The van der Waals surface area contributed by atoms with Gasteiger partial charge in [0.25, 0.3) is 20.4 Å². The number of nitrogens with one attached hydrogen (secondary N) is 2. The Labute approximate surface area is 587 Å². The first-order chi connectivity index (χ1) is 46.5. The minimum atomic E-state index is -3.67. The molecule has 7 heterocycles. The fourth-order valence-corrected chi connectivity index (χ4v) is 15.6. The van der Waals surface area contributed by atoms with Crippen LogP contribution in [0.2, 0.25) is 0 Å². The maximum Gasteiger partial charge on any atom is 0.276 e. The molecule has 534 valence electrons. The molecule has 5 aromatic carbocycles. The van der Waals surface area contributed by atoms with Gasteiger partial charge in [-0.15, -0.1) is 12.4 Å². The van der Waals surface area contributed by atoms with Crippen LogP contribution in [-0.2, 0) is 46.7 Å². The molecule has 3 aliphatic heterocycles. The Kier molecular flexibility index (Phi) is 26.4. The number of rotatable bonds is 16. The van der Waals surface area contributed by atoms with Gasteiger partial charge >= 0.3 is 0 Å². The number of anilines is 4. The summed E-state index contributed by atoms with van der Waals surface area (Å²) >= 11 is 0. The Bertz CT molecular complexity index is 4430. The quantitative estimate of drug-likeness (QED) is 0.0565. The van der Waals surface area contributed by atoms with Crippen molar-refractivity contribution in [2.24, 2.45) is 10.3 Å². The molecular formula is C68H91ClN16O10S4. The number of aryl methyl sites for hydroxylation is 6. The summed E-state index contributed by atoms with van der Waals surface area (Å²) in [5, 5.41) is 26.6. The number of aromatic nitrogens is 8. The highest BCUT2D eigenvalue weighted by Crippen LogP contribution is 2.34. The summed E-state index contributed by atoms with van der Waals surface area (Å²) in [6.07, 6.45) is 15.5. The highest BCUT2D eigenvalue weighted by atomic mass is 35.5. The van der Waals surface area contributed by atoms with Gasteiger partial charge in [-0.2, -0.15) is 21.1 Å². The van der Waals surface area contributed by atoms with Gasteiger partial charge in [0.05, 0.1) is 32.6 Å². The molecule has 3 fully saturated rings. The SMILES string of the molecule is Cc1cc2c(N3CCCN(S(N)(=O)=O)CC3)ncnc2cc1O.Cc1cc2c(NCCCCNS(N)(=O)=O)ncnc2cc1OCc1ccccc1.Cc1cc2ncnc(N3CCC[C@@H](S(C)(=O)=O)CC3)c2cc1C.Cc1cc2ncnc(N3CCC[C@H](S(C)(=O)=O)CC3)c2cc1C.Cl. The number of sulfone groups is 2. The molecule has 0 amide bonds. The van der Waals surface area contributed by atoms with Crippen molar-refractivity contribution in [3.8, 4) is 11.5 Å². The summed E-state index contributed by atoms with van der Waals surface area (Å²) in [7, 11) is -13.2. The molecule has 99 heavy (non-hydrogen) atoms. The highest BCUT2D eigenvalue weighted by molar-refractivity contribution is 7.91. The van der Waals surface area contributed by atoms with Crippen LogP contribution in [0.5, 0.6) is 11.5 Å². The predicted molar refractivity (Wildman–Crippen MR) is 396 cm³/mol. The Morgan fingerprint density at radius 3 is 1.43 bits per heavy atom. The lowest BCUT2D eigenvalue weighted by molar-refractivity contribution is 0.304. The Balaban J connectivity index is 0.000000168. The van der Waals surface area contributed by atoms with Crippen LogP contribution in [-0.4, -0.2) is 171 Å². The number of halogens is 1. The van der Waals surface area contributed by atoms with Gasteiger partial charge in [0, 0.05) is 112 Å². The van der Waals surface area contributed by atoms with Crippen molar-refractivity contribution in [2.75, 3.05) is 98.0 Å². The van der Waals surface area contributed by atoms with Crippen LogP contribution >= 0.6 is 12.4 Å². The average Bonchev–Trinajstić information content (AvgIpc) is 1.61. The predicted octanol–water partition coefficient (Wildman–Crippen LogP) is 8.58. The number of ether oxygens (including phenoxy) is 1. The van der Waals surface area contributed by atoms with E-state index in [0.717, 1.165) is 142 Å². The zero-order valence-corrected chi connectivity index (χ0v) is 61.4. The van der Waals surface area contributed by atoms with Gasteiger partial charge in [-0.05, 0) is 175 Å². The summed E-state index contributed by atoms with van der Waals surface area (Å²) in [5.74, 6) is 4.32. The summed E-state index contributed by atoms with van der Waals surface area (Å²) in [4.78, 5) is 41.5. The smallest absolute Gasteiger partial charge is 0.276 e. The van der Waals surface area contributed by atoms with Crippen LogP contribution in [0.15, 0.2) is 104 Å². The third-order valence-corrected chi connectivity index (χ3v) is 23.1. The Hall–Kier alpha value is -7.81. The molecular weight excluding hydrogens is 1360 g/mol. The van der Waals surface area contributed by atoms with E-state index in [9.17, 15) is 38.8 Å². The second kappa shape index (κ2) is 34.0. The van der Waals surface area contributed by atoms with E-state index in [4.69, 9.17) is 15.0 Å². The van der Waals surface area contributed by atoms with E-state index in [1.165, 1.54) is 51.7 Å². The molecule has 0 radical (unpaired) electrons. The lowest BCUT2D eigenvalue weighted by atomic mass is 10.1. The number of aromatic hydroxyl groups is 1. The molecule has 3 aliphatic rings. The minimum absolute atomic E-state index is 0. The van der Waals surface area contributed by atoms with E-state index >= 15 is 0 Å². The van der Waals surface area contributed by atoms with Gasteiger partial charge < -0.3 is 29.9 Å². The van der Waals surface area contributed by atoms with Crippen molar-refractivity contribution in [3.63, 3.8) is 0 Å². The zero-order chi connectivity index (χ0) is 70.5. The maximum absolute atomic E-state index is 11.8. The molecule has 0 saturated carbocycles. The molecule has 4 aromatic heterocycles. The number of benzene rings is 5. The van der Waals surface area contributed by atoms with Crippen molar-refractivity contribution < 1.29 is 43.5 Å². The van der Waals surface area contributed by atoms with E-state index in [-0.39, 0.29) is 28.7 Å². The molecule has 12 rings (SSSR count). The van der Waals surface area contributed by atoms with E-state index < -0.39 is 40.1 Å². The lowest BCUT2D eigenvalue weighted by Gasteiger charge is -2.23. The molecule has 26 nitrogen and oxygen atoms in total. The van der Waals surface area contributed by atoms with Crippen molar-refractivity contribution in [3.05, 3.63) is 143 Å². The zero-order valence-electron chi connectivity index (χ0n) is 57.3. The summed E-state index contributed by atoms with van der Waals surface area (Å²) in [5.41, 5.74) is 11.1. The van der Waals surface area contributed by atoms with Gasteiger partial charge in [-0.3, -0.25) is 0 Å². The molecule has 31 heteroatoms. The third-order valence-electron chi connectivity index (χ3n) is 18.0. The van der Waals surface area contributed by atoms with Crippen molar-refractivity contribution in [1.82, 2.24) is 48.9 Å². The molecule has 0 spiro atoms. The topological polar surface area (TPSA) is 358 Å². The van der Waals surface area contributed by atoms with Gasteiger partial charge in [0.1, 0.15) is 86.4 Å². The van der Waals surface area contributed by atoms with Crippen molar-refractivity contribution in [2.45, 2.75) is 116 Å². The summed E-state index contributed by atoms with van der Waals surface area (Å²) in [6.45, 7) is 18.6. The van der Waals surface area contributed by atoms with Crippen LogP contribution in [0, 0.1) is 41.5 Å². The number of hydrogen-bond donors (Lipinski definition) is 5. The maximum atomic E-state index is 11.8. The molecule has 9 aromatic rings. The first-order valence-corrected chi connectivity index (χ1v) is 39.7. The van der Waals surface area contributed by atoms with Crippen molar-refractivity contribution >= 4 is 119 Å². The van der Waals surface area contributed by atoms with Crippen LogP contribution in [0.4, 0.5) is 23.3 Å². The lowest BCUT2D eigenvalue weighted by Crippen LogP contribution is -2.39. The molecule has 0 unspecified atom stereocenters. The molecule has 0 bridgehead atoms. The molecule has 0 aliphatic carbocycles. The molecule has 7 N–H and O–H groups in total. The van der Waals surface area contributed by atoms with Gasteiger partial charge in [-0.25, -0.2) is 71.7 Å². The van der Waals surface area contributed by atoms with E-state index in [1.54, 1.807) is 18.7 Å². The van der Waals surface area contributed by atoms with Gasteiger partial charge in [-0.1, -0.05) is 30.3 Å². The Morgan fingerprint density at radius 1 is 0.485 bits per heavy atom. The monoisotopic (exact) mass is 1450 g/mol. The number of nitrogens with two attached hydrogens (primary N) is 2. The number of nitrogens with zero attached hydrogens (tertiary/aromatic N) is 12. The van der Waals surface area contributed by atoms with E-state index in [2.05, 4.69) is 112 Å². The van der Waals surface area contributed by atoms with Gasteiger partial charge in [0.2, 0.25) is 0 Å². The average molecular weight is 1460 g/mol. The first kappa shape index (κ1) is 76.9. The van der Waals surface area contributed by atoms with E-state index in [0.29, 0.717) is 77.1 Å². The normalized spacial score (nSPS) is 16.6. The summed E-state index contributed by atoms with van der Waals surface area (Å²) in [6, 6.07) is 25.9. The van der Waals surface area contributed by atoms with Crippen LogP contribution in [0.3, 0.4) is 0 Å². The fraction of sp³-hybridized carbons (Fsp3) is 0.441. The summed E-state index contributed by atoms with van der Waals surface area (Å²) < 4.78 is 102. The van der Waals surface area contributed by atoms with E-state index in [1.807, 2.05) is 67.3 Å². The van der Waals surface area contributed by atoms with Gasteiger partial charge in [0.15, 0.2) is 0 Å². The number of phenolic OH excluding ortho intramolecular Hbond substituents is 1. The Morgan fingerprint density at radius 2 is 0.929 bits per heavy atom. The minimum Gasteiger partial charge on any atom is -0.508 e. The number of hydrogen-bond acceptors (Lipinski definition) is 22. The molecule has 3 saturated heterocycles. The third kappa shape index (κ3) is 21.1. The van der Waals surface area contributed by atoms with Crippen LogP contribution in [0.1, 0.15) is 96.7 Å². The first-order valence-electron chi connectivity index (χ1n) is 32.7. The van der Waals surface area contributed by atoms with Crippen LogP contribution < -0.4 is 39.8 Å². The standard InChI is InChI=1S/C20H25N5O3S.2C17H23N3O2S.C14H19N5O3S.ClH/c1-15-11-17-18(12-19(15)28-13-16-7-3-2-4-8-16)23-14-24-20(17)22-9-5-6-10-25-29(21,26)27;2*1-12-9-15-16(10-13(12)2)18-11-19-17(15)20-7-4-5-14(6-8-20)23(3,21)22;1-10-7-11-12(8-13(10)20)16-9-17-14(11)18-3-2-4-19(6-5-18)23(15,21)22;/h2-4,7-8,11-12,14,25H,5-6,9-10,13H2,1H3,(H2,21,26,27)(H,22,23,24);2*9-11,14H,4-8H2,1-3H3;7-9,20H,2-6H2,1H3,(H2,15,21,22);1H/t;2*14-;;/m.10../s1. The highest BCUT2D eigenvalue weighted by Gasteiger charge is 2.29. The second-order valence-corrected chi connectivity index (χ2v) is 33.0. The largest absolute Gasteiger partial charge is 0.508 e.